The molecule has 0 spiro atoms. The summed E-state index contributed by atoms with van der Waals surface area (Å²) in [5.74, 6) is 2.95. The van der Waals surface area contributed by atoms with Crippen LogP contribution in [0.5, 0.6) is 5.75 Å². The molecule has 0 atom stereocenters. The zero-order valence-electron chi connectivity index (χ0n) is 14.9. The van der Waals surface area contributed by atoms with Crippen molar-refractivity contribution in [1.29, 1.82) is 0 Å². The van der Waals surface area contributed by atoms with Crippen LogP contribution >= 0.6 is 11.8 Å². The number of rotatable bonds is 5. The number of aryl methyl sites for hydroxylation is 1. The maximum Gasteiger partial charge on any atom is 0.200 e. The molecule has 0 fully saturated rings. The fraction of sp³-hybridized carbons (Fsp3) is 0.200. The van der Waals surface area contributed by atoms with Crippen molar-refractivity contribution in [3.05, 3.63) is 59.7 Å². The van der Waals surface area contributed by atoms with Crippen LogP contribution < -0.4 is 4.74 Å². The van der Waals surface area contributed by atoms with E-state index < -0.39 is 0 Å². The third-order valence-electron chi connectivity index (χ3n) is 4.27. The van der Waals surface area contributed by atoms with E-state index >= 15 is 0 Å². The van der Waals surface area contributed by atoms with Gasteiger partial charge in [-0.3, -0.25) is 0 Å². The van der Waals surface area contributed by atoms with Crippen LogP contribution in [0.15, 0.2) is 58.1 Å². The van der Waals surface area contributed by atoms with Crippen LogP contribution in [-0.4, -0.2) is 21.9 Å². The molecule has 2 aromatic carbocycles. The van der Waals surface area contributed by atoms with Crippen molar-refractivity contribution in [3.8, 4) is 17.3 Å². The lowest BCUT2D eigenvalue weighted by molar-refractivity contribution is 0.410. The number of hydrogen-bond acceptors (Lipinski definition) is 5. The second kappa shape index (κ2) is 6.88. The topological polar surface area (TPSA) is 53.1 Å². The summed E-state index contributed by atoms with van der Waals surface area (Å²) in [7, 11) is 3.59. The van der Waals surface area contributed by atoms with Gasteiger partial charge in [0.05, 0.1) is 7.11 Å². The lowest BCUT2D eigenvalue weighted by Gasteiger charge is -2.03. The number of fused-ring (bicyclic) bond motifs is 1. The van der Waals surface area contributed by atoms with E-state index in [2.05, 4.69) is 41.4 Å². The third kappa shape index (κ3) is 3.08. The highest BCUT2D eigenvalue weighted by Crippen LogP contribution is 2.33. The van der Waals surface area contributed by atoms with Crippen molar-refractivity contribution in [3.63, 3.8) is 0 Å². The number of nitrogens with zero attached hydrogens (tertiary/aromatic N) is 3. The zero-order chi connectivity index (χ0) is 18.1. The Morgan fingerprint density at radius 3 is 2.69 bits per heavy atom. The number of para-hydroxylation sites is 1. The minimum atomic E-state index is 0.682. The summed E-state index contributed by atoms with van der Waals surface area (Å²) in [5.41, 5.74) is 3.25. The molecular weight excluding hydrogens is 346 g/mol. The highest BCUT2D eigenvalue weighted by Gasteiger charge is 2.17. The highest BCUT2D eigenvalue weighted by molar-refractivity contribution is 7.98. The van der Waals surface area contributed by atoms with Crippen LogP contribution in [0.25, 0.3) is 22.6 Å². The molecule has 132 valence electrons. The van der Waals surface area contributed by atoms with Crippen molar-refractivity contribution >= 4 is 22.7 Å². The molecule has 4 aromatic rings. The fourth-order valence-electron chi connectivity index (χ4n) is 2.79. The molecule has 0 aliphatic heterocycles. The second-order valence-electron chi connectivity index (χ2n) is 6.13. The van der Waals surface area contributed by atoms with Gasteiger partial charge in [0.15, 0.2) is 28.1 Å². The minimum Gasteiger partial charge on any atom is -0.493 e. The van der Waals surface area contributed by atoms with Crippen LogP contribution in [0.2, 0.25) is 0 Å². The lowest BCUT2D eigenvalue weighted by Crippen LogP contribution is -1.94. The van der Waals surface area contributed by atoms with E-state index in [4.69, 9.17) is 9.15 Å². The number of furan rings is 1. The SMILES string of the molecule is COc1cccc2cc(-c3nnc(SCc4ccc(C)cc4)n3C)oc12. The predicted octanol–water partition coefficient (Wildman–Crippen LogP) is 4.84. The summed E-state index contributed by atoms with van der Waals surface area (Å²) < 4.78 is 13.3. The largest absolute Gasteiger partial charge is 0.493 e. The van der Waals surface area contributed by atoms with Crippen LogP contribution in [0.4, 0.5) is 0 Å². The molecule has 4 rings (SSSR count). The Bertz CT molecular complexity index is 1050. The first-order valence-electron chi connectivity index (χ1n) is 8.30. The first kappa shape index (κ1) is 16.7. The molecule has 0 N–H and O–H groups in total. The Balaban J connectivity index is 1.60. The smallest absolute Gasteiger partial charge is 0.200 e. The Morgan fingerprint density at radius 1 is 1.12 bits per heavy atom. The molecule has 26 heavy (non-hydrogen) atoms. The quantitative estimate of drug-likeness (QED) is 0.474. The first-order valence-corrected chi connectivity index (χ1v) is 9.29. The van der Waals surface area contributed by atoms with Crippen LogP contribution in [0.3, 0.4) is 0 Å². The molecule has 2 aromatic heterocycles. The maximum absolute atomic E-state index is 5.99. The fourth-order valence-corrected chi connectivity index (χ4v) is 3.66. The Hall–Kier alpha value is -2.73. The molecule has 0 saturated carbocycles. The molecule has 0 amide bonds. The lowest BCUT2D eigenvalue weighted by atomic mass is 10.2. The number of aromatic nitrogens is 3. The normalized spacial score (nSPS) is 11.2. The summed E-state index contributed by atoms with van der Waals surface area (Å²) in [6.07, 6.45) is 0. The number of benzene rings is 2. The van der Waals surface area contributed by atoms with Gasteiger partial charge in [-0.05, 0) is 24.6 Å². The van der Waals surface area contributed by atoms with E-state index in [0.29, 0.717) is 17.3 Å². The summed E-state index contributed by atoms with van der Waals surface area (Å²) in [6.45, 7) is 2.09. The van der Waals surface area contributed by atoms with Crippen molar-refractivity contribution < 1.29 is 9.15 Å². The molecule has 0 radical (unpaired) electrons. The predicted molar refractivity (Wildman–Crippen MR) is 104 cm³/mol. The van der Waals surface area contributed by atoms with Gasteiger partial charge in [0.1, 0.15) is 0 Å². The van der Waals surface area contributed by atoms with Gasteiger partial charge in [-0.2, -0.15) is 0 Å². The van der Waals surface area contributed by atoms with Gasteiger partial charge in [0.2, 0.25) is 0 Å². The molecule has 0 aliphatic carbocycles. The summed E-state index contributed by atoms with van der Waals surface area (Å²) in [4.78, 5) is 0. The average Bonchev–Trinajstić information content (AvgIpc) is 3.24. The van der Waals surface area contributed by atoms with Crippen molar-refractivity contribution in [1.82, 2.24) is 14.8 Å². The van der Waals surface area contributed by atoms with Gasteiger partial charge in [-0.25, -0.2) is 0 Å². The van der Waals surface area contributed by atoms with E-state index in [0.717, 1.165) is 21.9 Å². The third-order valence-corrected chi connectivity index (χ3v) is 5.36. The van der Waals surface area contributed by atoms with Crippen LogP contribution in [0.1, 0.15) is 11.1 Å². The van der Waals surface area contributed by atoms with E-state index in [1.165, 1.54) is 11.1 Å². The van der Waals surface area contributed by atoms with Gasteiger partial charge in [-0.1, -0.05) is 53.7 Å². The summed E-state index contributed by atoms with van der Waals surface area (Å²) in [6, 6.07) is 16.3. The van der Waals surface area contributed by atoms with Crippen molar-refractivity contribution in [2.24, 2.45) is 7.05 Å². The molecule has 0 unspecified atom stereocenters. The van der Waals surface area contributed by atoms with E-state index in [9.17, 15) is 0 Å². The summed E-state index contributed by atoms with van der Waals surface area (Å²) in [5, 5.41) is 10.5. The van der Waals surface area contributed by atoms with E-state index in [-0.39, 0.29) is 0 Å². The van der Waals surface area contributed by atoms with E-state index in [1.807, 2.05) is 35.9 Å². The highest BCUT2D eigenvalue weighted by atomic mass is 32.2. The minimum absolute atomic E-state index is 0.682. The van der Waals surface area contributed by atoms with Crippen molar-refractivity contribution in [2.45, 2.75) is 17.8 Å². The summed E-state index contributed by atoms with van der Waals surface area (Å²) >= 11 is 1.66. The Kier molecular flexibility index (Phi) is 4.42. The molecule has 5 nitrogen and oxygen atoms in total. The molecule has 0 saturated heterocycles. The number of ether oxygens (including phenoxy) is 1. The Labute approximate surface area is 156 Å². The van der Waals surface area contributed by atoms with Gasteiger partial charge in [0.25, 0.3) is 0 Å². The van der Waals surface area contributed by atoms with Crippen molar-refractivity contribution in [2.75, 3.05) is 7.11 Å². The molecule has 0 bridgehead atoms. The van der Waals surface area contributed by atoms with Crippen LogP contribution in [-0.2, 0) is 12.8 Å². The maximum atomic E-state index is 5.99. The number of hydrogen-bond donors (Lipinski definition) is 0. The average molecular weight is 365 g/mol. The monoisotopic (exact) mass is 365 g/mol. The number of methoxy groups -OCH3 is 1. The van der Waals surface area contributed by atoms with Gasteiger partial charge >= 0.3 is 0 Å². The zero-order valence-corrected chi connectivity index (χ0v) is 15.7. The standard InChI is InChI=1S/C20H19N3O2S/c1-13-7-9-14(10-8-13)12-26-20-22-21-19(23(20)2)17-11-15-5-4-6-16(24-3)18(15)25-17/h4-11H,12H2,1-3H3. The van der Waals surface area contributed by atoms with E-state index in [1.54, 1.807) is 18.9 Å². The molecular formula is C20H19N3O2S. The molecule has 0 aliphatic rings. The first-order chi connectivity index (χ1) is 12.7. The van der Waals surface area contributed by atoms with Gasteiger partial charge in [0, 0.05) is 18.2 Å². The second-order valence-corrected chi connectivity index (χ2v) is 7.07. The van der Waals surface area contributed by atoms with Gasteiger partial charge in [-0.15, -0.1) is 10.2 Å². The van der Waals surface area contributed by atoms with Crippen LogP contribution in [0, 0.1) is 6.92 Å². The number of thioether (sulfide) groups is 1. The molecule has 6 heteroatoms. The Morgan fingerprint density at radius 2 is 1.92 bits per heavy atom. The van der Waals surface area contributed by atoms with Gasteiger partial charge < -0.3 is 13.7 Å². The molecule has 2 heterocycles.